The quantitative estimate of drug-likeness (QED) is 0.820. The standard InChI is InChI=1S/C19H23ClN4O3/c1-13-5-6-14(9-16(13)20)21-17(25)11-24-18(26)10-15(12-27-2)22-19(24)23-7-3-4-8-23/h5-6,9-10H,3-4,7-8,11-12H2,1-2H3,(H,21,25). The molecule has 0 bridgehead atoms. The number of hydrogen-bond donors (Lipinski definition) is 1. The Bertz CT molecular complexity index is 891. The molecule has 1 aliphatic heterocycles. The number of aryl methyl sites for hydroxylation is 1. The molecule has 144 valence electrons. The molecule has 1 aliphatic rings. The zero-order valence-corrected chi connectivity index (χ0v) is 16.3. The average molecular weight is 391 g/mol. The fourth-order valence-corrected chi connectivity index (χ4v) is 3.26. The van der Waals surface area contributed by atoms with E-state index in [4.69, 9.17) is 16.3 Å². The Balaban J connectivity index is 1.84. The number of anilines is 2. The number of amides is 1. The summed E-state index contributed by atoms with van der Waals surface area (Å²) in [5.41, 5.74) is 1.82. The largest absolute Gasteiger partial charge is 0.378 e. The van der Waals surface area contributed by atoms with Crippen molar-refractivity contribution >= 4 is 29.1 Å². The molecule has 2 heterocycles. The SMILES string of the molecule is COCc1cc(=O)n(CC(=O)Nc2ccc(C)c(Cl)c2)c(N2CCCC2)n1. The molecule has 7 nitrogen and oxygen atoms in total. The van der Waals surface area contributed by atoms with Crippen LogP contribution in [0.2, 0.25) is 5.02 Å². The predicted molar refractivity (Wildman–Crippen MR) is 105 cm³/mol. The first-order valence-corrected chi connectivity index (χ1v) is 9.26. The summed E-state index contributed by atoms with van der Waals surface area (Å²) in [4.78, 5) is 31.7. The van der Waals surface area contributed by atoms with Crippen molar-refractivity contribution in [1.29, 1.82) is 0 Å². The fourth-order valence-electron chi connectivity index (χ4n) is 3.08. The van der Waals surface area contributed by atoms with E-state index in [9.17, 15) is 9.59 Å². The van der Waals surface area contributed by atoms with E-state index in [0.717, 1.165) is 31.5 Å². The van der Waals surface area contributed by atoms with Gasteiger partial charge in [0.25, 0.3) is 5.56 Å². The molecule has 1 fully saturated rings. The molecule has 1 aromatic heterocycles. The zero-order chi connectivity index (χ0) is 19.4. The van der Waals surface area contributed by atoms with Crippen LogP contribution in [-0.4, -0.2) is 35.7 Å². The third-order valence-corrected chi connectivity index (χ3v) is 4.89. The normalized spacial score (nSPS) is 13.8. The van der Waals surface area contributed by atoms with E-state index in [1.807, 2.05) is 17.9 Å². The molecule has 0 aliphatic carbocycles. The van der Waals surface area contributed by atoms with Crippen LogP contribution < -0.4 is 15.8 Å². The first-order chi connectivity index (χ1) is 13.0. The average Bonchev–Trinajstić information content (AvgIpc) is 3.15. The molecule has 8 heteroatoms. The molecule has 1 saturated heterocycles. The maximum absolute atomic E-state index is 12.6. The second kappa shape index (κ2) is 8.54. The van der Waals surface area contributed by atoms with Crippen LogP contribution in [0.25, 0.3) is 0 Å². The summed E-state index contributed by atoms with van der Waals surface area (Å²) in [5.74, 6) is 0.211. The molecule has 2 aromatic rings. The third-order valence-electron chi connectivity index (χ3n) is 4.48. The molecule has 0 spiro atoms. The van der Waals surface area contributed by atoms with Crippen molar-refractivity contribution in [2.45, 2.75) is 32.9 Å². The van der Waals surface area contributed by atoms with Gasteiger partial charge in [0.15, 0.2) is 0 Å². The molecule has 3 rings (SSSR count). The number of rotatable bonds is 6. The highest BCUT2D eigenvalue weighted by molar-refractivity contribution is 6.31. The number of hydrogen-bond acceptors (Lipinski definition) is 5. The van der Waals surface area contributed by atoms with E-state index in [0.29, 0.717) is 22.4 Å². The summed E-state index contributed by atoms with van der Waals surface area (Å²) < 4.78 is 6.51. The predicted octanol–water partition coefficient (Wildman–Crippen LogP) is 2.59. The van der Waals surface area contributed by atoms with Crippen molar-refractivity contribution in [1.82, 2.24) is 9.55 Å². The van der Waals surface area contributed by atoms with Crippen LogP contribution in [0.1, 0.15) is 24.1 Å². The van der Waals surface area contributed by atoms with Gasteiger partial charge in [-0.2, -0.15) is 0 Å². The lowest BCUT2D eigenvalue weighted by Gasteiger charge is -2.21. The zero-order valence-electron chi connectivity index (χ0n) is 15.5. The van der Waals surface area contributed by atoms with E-state index in [-0.39, 0.29) is 24.6 Å². The fraction of sp³-hybridized carbons (Fsp3) is 0.421. The summed E-state index contributed by atoms with van der Waals surface area (Å²) >= 11 is 6.11. The molecule has 0 saturated carbocycles. The van der Waals surface area contributed by atoms with Crippen molar-refractivity contribution in [3.8, 4) is 0 Å². The smallest absolute Gasteiger partial charge is 0.255 e. The summed E-state index contributed by atoms with van der Waals surface area (Å²) in [7, 11) is 1.56. The van der Waals surface area contributed by atoms with Gasteiger partial charge in [-0.1, -0.05) is 17.7 Å². The maximum atomic E-state index is 12.6. The topological polar surface area (TPSA) is 76.5 Å². The molecular formula is C19H23ClN4O3. The van der Waals surface area contributed by atoms with Crippen LogP contribution >= 0.6 is 11.6 Å². The van der Waals surface area contributed by atoms with Crippen molar-refractivity contribution < 1.29 is 9.53 Å². The second-order valence-corrected chi connectivity index (χ2v) is 7.02. The Kier molecular flexibility index (Phi) is 6.13. The number of halogens is 1. The monoisotopic (exact) mass is 390 g/mol. The van der Waals surface area contributed by atoms with E-state index < -0.39 is 0 Å². The molecule has 1 aromatic carbocycles. The molecule has 27 heavy (non-hydrogen) atoms. The van der Waals surface area contributed by atoms with Crippen molar-refractivity contribution in [2.24, 2.45) is 0 Å². The van der Waals surface area contributed by atoms with Gasteiger partial charge in [0.1, 0.15) is 6.54 Å². The van der Waals surface area contributed by atoms with Gasteiger partial charge in [-0.3, -0.25) is 14.2 Å². The Hall–Kier alpha value is -2.38. The van der Waals surface area contributed by atoms with Crippen LogP contribution in [0.15, 0.2) is 29.1 Å². The van der Waals surface area contributed by atoms with E-state index in [2.05, 4.69) is 10.3 Å². The Morgan fingerprint density at radius 1 is 1.30 bits per heavy atom. The molecular weight excluding hydrogens is 368 g/mol. The van der Waals surface area contributed by atoms with Gasteiger partial charge >= 0.3 is 0 Å². The van der Waals surface area contributed by atoms with Crippen LogP contribution in [0.3, 0.4) is 0 Å². The maximum Gasteiger partial charge on any atom is 0.255 e. The Morgan fingerprint density at radius 2 is 2.04 bits per heavy atom. The van der Waals surface area contributed by atoms with Gasteiger partial charge in [-0.25, -0.2) is 4.98 Å². The lowest BCUT2D eigenvalue weighted by Crippen LogP contribution is -2.34. The summed E-state index contributed by atoms with van der Waals surface area (Å²) in [5, 5.41) is 3.37. The Labute approximate surface area is 162 Å². The van der Waals surface area contributed by atoms with Crippen molar-refractivity contribution in [3.63, 3.8) is 0 Å². The van der Waals surface area contributed by atoms with E-state index in [1.165, 1.54) is 10.6 Å². The first-order valence-electron chi connectivity index (χ1n) is 8.88. The first kappa shape index (κ1) is 19.4. The number of nitrogens with zero attached hydrogens (tertiary/aromatic N) is 3. The van der Waals surface area contributed by atoms with Gasteiger partial charge in [0.2, 0.25) is 11.9 Å². The summed E-state index contributed by atoms with van der Waals surface area (Å²) in [6, 6.07) is 6.72. The van der Waals surface area contributed by atoms with Gasteiger partial charge in [0, 0.05) is 37.0 Å². The molecule has 0 unspecified atom stereocenters. The van der Waals surface area contributed by atoms with E-state index in [1.54, 1.807) is 19.2 Å². The molecule has 0 radical (unpaired) electrons. The van der Waals surface area contributed by atoms with Gasteiger partial charge < -0.3 is 15.0 Å². The lowest BCUT2D eigenvalue weighted by atomic mass is 10.2. The van der Waals surface area contributed by atoms with Crippen molar-refractivity contribution in [2.75, 3.05) is 30.4 Å². The molecule has 1 N–H and O–H groups in total. The van der Waals surface area contributed by atoms with Crippen LogP contribution in [0.5, 0.6) is 0 Å². The summed E-state index contributed by atoms with van der Waals surface area (Å²) in [6.45, 7) is 3.67. The number of nitrogens with one attached hydrogen (secondary N) is 1. The highest BCUT2D eigenvalue weighted by Gasteiger charge is 2.20. The minimum absolute atomic E-state index is 0.115. The highest BCUT2D eigenvalue weighted by Crippen LogP contribution is 2.21. The number of methoxy groups -OCH3 is 1. The minimum atomic E-state index is -0.307. The van der Waals surface area contributed by atoms with Crippen LogP contribution in [0.4, 0.5) is 11.6 Å². The number of ether oxygens (including phenoxy) is 1. The number of carbonyl (C=O) groups excluding carboxylic acids is 1. The Morgan fingerprint density at radius 3 is 2.70 bits per heavy atom. The van der Waals surface area contributed by atoms with Gasteiger partial charge in [-0.15, -0.1) is 0 Å². The number of benzene rings is 1. The highest BCUT2D eigenvalue weighted by atomic mass is 35.5. The summed E-state index contributed by atoms with van der Waals surface area (Å²) in [6.07, 6.45) is 2.08. The number of carbonyl (C=O) groups is 1. The van der Waals surface area contributed by atoms with E-state index >= 15 is 0 Å². The lowest BCUT2D eigenvalue weighted by molar-refractivity contribution is -0.116. The van der Waals surface area contributed by atoms with Crippen LogP contribution in [-0.2, 0) is 22.7 Å². The van der Waals surface area contributed by atoms with Crippen molar-refractivity contribution in [3.05, 3.63) is 50.9 Å². The minimum Gasteiger partial charge on any atom is -0.378 e. The molecule has 0 atom stereocenters. The van der Waals surface area contributed by atoms with Crippen LogP contribution in [0, 0.1) is 6.92 Å². The second-order valence-electron chi connectivity index (χ2n) is 6.61. The third kappa shape index (κ3) is 4.67. The number of aromatic nitrogens is 2. The molecule has 1 amide bonds. The van der Waals surface area contributed by atoms with Gasteiger partial charge in [0.05, 0.1) is 12.3 Å². The van der Waals surface area contributed by atoms with Gasteiger partial charge in [-0.05, 0) is 37.5 Å².